The third-order valence-corrected chi connectivity index (χ3v) is 4.22. The van der Waals surface area contributed by atoms with Gasteiger partial charge in [0.15, 0.2) is 0 Å². The molecule has 3 aliphatic rings. The lowest BCUT2D eigenvalue weighted by Gasteiger charge is -2.32. The molecule has 0 aromatic carbocycles. The first kappa shape index (κ1) is 11.5. The minimum Gasteiger partial charge on any atom is -0.269 e. The Hall–Kier alpha value is -1.63. The normalized spacial score (nSPS) is 26.5. The van der Waals surface area contributed by atoms with E-state index in [4.69, 9.17) is 0 Å². The molecule has 0 aromatic rings. The predicted octanol–water partition coefficient (Wildman–Crippen LogP) is -0.0376. The number of fused-ring (bicyclic) bond motifs is 2. The van der Waals surface area contributed by atoms with E-state index in [1.54, 1.807) is 24.9 Å². The van der Waals surface area contributed by atoms with Gasteiger partial charge >= 0.3 is 11.2 Å². The molecule has 0 saturated carbocycles. The highest BCUT2D eigenvalue weighted by atomic mass is 32.2. The van der Waals surface area contributed by atoms with Gasteiger partial charge in [0.1, 0.15) is 0 Å². The Morgan fingerprint density at radius 1 is 1.61 bits per heavy atom. The Morgan fingerprint density at radius 2 is 2.39 bits per heavy atom. The lowest BCUT2D eigenvalue weighted by molar-refractivity contribution is -0.525. The first-order chi connectivity index (χ1) is 8.65. The molecule has 0 N–H and O–H groups in total. The van der Waals surface area contributed by atoms with Crippen LogP contribution in [0.4, 0.5) is 4.79 Å². The van der Waals surface area contributed by atoms with Crippen LogP contribution in [0, 0.1) is 0 Å². The van der Waals surface area contributed by atoms with Crippen molar-refractivity contribution in [3.05, 3.63) is 12.7 Å². The van der Waals surface area contributed by atoms with Crippen LogP contribution in [-0.4, -0.2) is 69.2 Å². The van der Waals surface area contributed by atoms with Crippen LogP contribution in [0.2, 0.25) is 0 Å². The van der Waals surface area contributed by atoms with Crippen molar-refractivity contribution in [1.29, 1.82) is 0 Å². The first-order valence-electron chi connectivity index (χ1n) is 5.70. The van der Waals surface area contributed by atoms with Gasteiger partial charge in [0.25, 0.3) is 17.8 Å². The van der Waals surface area contributed by atoms with Crippen molar-refractivity contribution in [3.63, 3.8) is 0 Å². The quantitative estimate of drug-likeness (QED) is 0.520. The van der Waals surface area contributed by atoms with Gasteiger partial charge in [-0.3, -0.25) is 14.6 Å². The van der Waals surface area contributed by atoms with Crippen molar-refractivity contribution in [2.75, 3.05) is 25.9 Å². The standard InChI is InChI=1S/C11H13N4O2S/c1-3-4-15-9(16)7-8(13(2)11(15)17)12-10-14(7)5-6-18-10/h3,7H,1,4-6H2,2H3/q+1. The Kier molecular flexibility index (Phi) is 2.51. The van der Waals surface area contributed by atoms with Crippen LogP contribution < -0.4 is 0 Å². The summed E-state index contributed by atoms with van der Waals surface area (Å²) in [7, 11) is 1.66. The maximum atomic E-state index is 12.4. The SMILES string of the molecule is C=CCN1C(=O)C2C(=NC3=[N+]2CCS3)N(C)C1=O. The van der Waals surface area contributed by atoms with Gasteiger partial charge in [0, 0.05) is 19.3 Å². The molecule has 3 heterocycles. The molecule has 6 nitrogen and oxygen atoms in total. The lowest BCUT2D eigenvalue weighted by Crippen LogP contribution is -2.62. The van der Waals surface area contributed by atoms with Gasteiger partial charge in [-0.25, -0.2) is 9.37 Å². The number of urea groups is 1. The first-order valence-corrected chi connectivity index (χ1v) is 6.68. The maximum Gasteiger partial charge on any atom is 0.358 e. The van der Waals surface area contributed by atoms with E-state index in [1.165, 1.54) is 9.80 Å². The molecule has 0 spiro atoms. The summed E-state index contributed by atoms with van der Waals surface area (Å²) in [6, 6.07) is -0.765. The highest BCUT2D eigenvalue weighted by Crippen LogP contribution is 2.26. The lowest BCUT2D eigenvalue weighted by atomic mass is 10.1. The number of nitrogens with zero attached hydrogens (tertiary/aromatic N) is 4. The third-order valence-electron chi connectivity index (χ3n) is 3.25. The molecule has 0 bridgehead atoms. The second-order valence-corrected chi connectivity index (χ2v) is 5.34. The second kappa shape index (κ2) is 3.94. The Labute approximate surface area is 109 Å². The number of aliphatic imine (C=N–C) groups is 1. The van der Waals surface area contributed by atoms with E-state index in [-0.39, 0.29) is 18.5 Å². The molecule has 18 heavy (non-hydrogen) atoms. The molecular formula is C11H13N4O2S+. The zero-order valence-corrected chi connectivity index (χ0v) is 10.8. The topological polar surface area (TPSA) is 56.0 Å². The fourth-order valence-corrected chi connectivity index (χ4v) is 3.36. The van der Waals surface area contributed by atoms with E-state index < -0.39 is 6.04 Å². The van der Waals surface area contributed by atoms with E-state index in [2.05, 4.69) is 11.6 Å². The molecule has 7 heteroatoms. The summed E-state index contributed by atoms with van der Waals surface area (Å²) in [4.78, 5) is 31.5. The molecule has 0 aromatic heterocycles. The number of amides is 3. The van der Waals surface area contributed by atoms with E-state index in [9.17, 15) is 9.59 Å². The number of carbonyl (C=O) groups excluding carboxylic acids is 2. The number of hydrogen-bond acceptors (Lipinski definition) is 4. The summed E-state index contributed by atoms with van der Waals surface area (Å²) in [5, 5.41) is 0.850. The van der Waals surface area contributed by atoms with Crippen LogP contribution in [0.1, 0.15) is 0 Å². The summed E-state index contributed by atoms with van der Waals surface area (Å²) in [5.74, 6) is 1.29. The third kappa shape index (κ3) is 1.37. The predicted molar refractivity (Wildman–Crippen MR) is 68.9 cm³/mol. The average Bonchev–Trinajstić information content (AvgIpc) is 2.91. The molecule has 3 aliphatic heterocycles. The number of carbonyl (C=O) groups is 2. The van der Waals surface area contributed by atoms with Crippen molar-refractivity contribution in [3.8, 4) is 0 Å². The van der Waals surface area contributed by atoms with Crippen LogP contribution in [0.25, 0.3) is 0 Å². The van der Waals surface area contributed by atoms with Crippen molar-refractivity contribution in [1.82, 2.24) is 9.80 Å². The molecule has 0 radical (unpaired) electrons. The van der Waals surface area contributed by atoms with E-state index in [1.807, 2.05) is 4.58 Å². The van der Waals surface area contributed by atoms with Gasteiger partial charge in [-0.15, -0.1) is 6.58 Å². The van der Waals surface area contributed by atoms with E-state index >= 15 is 0 Å². The smallest absolute Gasteiger partial charge is 0.269 e. The summed E-state index contributed by atoms with van der Waals surface area (Å²) in [6.07, 6.45) is 1.56. The minimum atomic E-state index is -0.433. The van der Waals surface area contributed by atoms with Gasteiger partial charge in [0.05, 0.1) is 6.54 Å². The summed E-state index contributed by atoms with van der Waals surface area (Å²) in [6.45, 7) is 4.62. The maximum absolute atomic E-state index is 12.4. The summed E-state index contributed by atoms with van der Waals surface area (Å²) >= 11 is 1.63. The van der Waals surface area contributed by atoms with E-state index in [0.717, 1.165) is 17.5 Å². The number of amidine groups is 2. The number of rotatable bonds is 2. The second-order valence-electron chi connectivity index (χ2n) is 4.28. The van der Waals surface area contributed by atoms with Crippen molar-refractivity contribution < 1.29 is 14.2 Å². The Morgan fingerprint density at radius 3 is 3.11 bits per heavy atom. The molecule has 0 aliphatic carbocycles. The fraction of sp³-hybridized carbons (Fsp3) is 0.455. The van der Waals surface area contributed by atoms with Gasteiger partial charge in [-0.1, -0.05) is 6.08 Å². The van der Waals surface area contributed by atoms with Gasteiger partial charge in [0.2, 0.25) is 0 Å². The molecule has 1 saturated heterocycles. The van der Waals surface area contributed by atoms with Gasteiger partial charge < -0.3 is 0 Å². The number of hydrogen-bond donors (Lipinski definition) is 0. The summed E-state index contributed by atoms with van der Waals surface area (Å²) < 4.78 is 1.97. The number of likely N-dealkylation sites (N-methyl/N-ethyl adjacent to an activating group) is 1. The molecule has 3 rings (SSSR count). The highest BCUT2D eigenvalue weighted by Gasteiger charge is 2.54. The monoisotopic (exact) mass is 265 g/mol. The van der Waals surface area contributed by atoms with Crippen LogP contribution in [0.5, 0.6) is 0 Å². The van der Waals surface area contributed by atoms with Gasteiger partial charge in [-0.05, 0) is 16.8 Å². The molecule has 1 atom stereocenters. The van der Waals surface area contributed by atoms with Crippen LogP contribution in [0.3, 0.4) is 0 Å². The molecule has 94 valence electrons. The zero-order valence-electron chi connectivity index (χ0n) is 10.00. The molecular weight excluding hydrogens is 252 g/mol. The Balaban J connectivity index is 2.01. The number of imide groups is 1. The minimum absolute atomic E-state index is 0.200. The average molecular weight is 265 g/mol. The zero-order chi connectivity index (χ0) is 12.9. The van der Waals surface area contributed by atoms with Crippen LogP contribution in [-0.2, 0) is 4.79 Å². The highest BCUT2D eigenvalue weighted by molar-refractivity contribution is 8.13. The number of thioether (sulfide) groups is 1. The van der Waals surface area contributed by atoms with Gasteiger partial charge in [-0.2, -0.15) is 0 Å². The van der Waals surface area contributed by atoms with Crippen LogP contribution in [0.15, 0.2) is 17.6 Å². The summed E-state index contributed by atoms with van der Waals surface area (Å²) in [5.41, 5.74) is 0. The van der Waals surface area contributed by atoms with Crippen molar-refractivity contribution >= 4 is 34.7 Å². The Bertz CT molecular complexity index is 525. The van der Waals surface area contributed by atoms with Crippen molar-refractivity contribution in [2.24, 2.45) is 4.99 Å². The molecule has 3 amide bonds. The van der Waals surface area contributed by atoms with E-state index in [0.29, 0.717) is 5.84 Å². The van der Waals surface area contributed by atoms with Crippen LogP contribution >= 0.6 is 11.8 Å². The molecule has 1 fully saturated rings. The van der Waals surface area contributed by atoms with Crippen molar-refractivity contribution in [2.45, 2.75) is 6.04 Å². The fourth-order valence-electron chi connectivity index (χ4n) is 2.37. The molecule has 1 unspecified atom stereocenters. The largest absolute Gasteiger partial charge is 0.358 e.